The van der Waals surface area contributed by atoms with Crippen LogP contribution in [0.1, 0.15) is 21.6 Å². The topological polar surface area (TPSA) is 67.5 Å². The average molecular weight is 337 g/mol. The van der Waals surface area contributed by atoms with Crippen LogP contribution in [0.3, 0.4) is 0 Å². The predicted octanol–water partition coefficient (Wildman–Crippen LogP) is 2.78. The zero-order valence-corrected chi connectivity index (χ0v) is 14.2. The highest BCUT2D eigenvalue weighted by atomic mass is 16.5. The molecule has 1 aliphatic rings. The first-order valence-electron chi connectivity index (χ1n) is 8.18. The van der Waals surface area contributed by atoms with Crippen molar-refractivity contribution in [3.8, 4) is 11.8 Å². The summed E-state index contributed by atoms with van der Waals surface area (Å²) < 4.78 is 10.4. The molecule has 0 saturated carbocycles. The normalized spacial score (nSPS) is 13.6. The van der Waals surface area contributed by atoms with Gasteiger partial charge in [0.15, 0.2) is 0 Å². The van der Waals surface area contributed by atoms with E-state index in [1.54, 1.807) is 12.1 Å². The molecule has 1 amide bonds. The van der Waals surface area contributed by atoms with Gasteiger partial charge in [-0.25, -0.2) is 0 Å². The molecule has 0 unspecified atom stereocenters. The smallest absolute Gasteiger partial charge is 0.259 e. The first-order chi connectivity index (χ1) is 12.2. The van der Waals surface area contributed by atoms with Gasteiger partial charge in [0, 0.05) is 29.2 Å². The number of carbonyl (C=O) groups excluding carboxylic acids is 1. The van der Waals surface area contributed by atoms with Gasteiger partial charge in [-0.15, -0.1) is 0 Å². The quantitative estimate of drug-likeness (QED) is 0.798. The summed E-state index contributed by atoms with van der Waals surface area (Å²) in [7, 11) is 3.04. The number of carbonyl (C=O) groups is 1. The number of nitrogens with one attached hydrogen (secondary N) is 1. The number of H-pyrrole nitrogens is 1. The lowest BCUT2D eigenvalue weighted by molar-refractivity contribution is 0.0728. The SMILES string of the molecule is COc1ccc(C(=O)N2CCc3c([nH]c4ccccc34)C2)c(OC)n1. The number of ether oxygens (including phenoxy) is 2. The Bertz CT molecular complexity index is 948. The Morgan fingerprint density at radius 2 is 2.00 bits per heavy atom. The largest absolute Gasteiger partial charge is 0.481 e. The van der Waals surface area contributed by atoms with Gasteiger partial charge in [0.2, 0.25) is 11.8 Å². The Kier molecular flexibility index (Phi) is 3.80. The van der Waals surface area contributed by atoms with Crippen molar-refractivity contribution in [2.75, 3.05) is 20.8 Å². The summed E-state index contributed by atoms with van der Waals surface area (Å²) in [4.78, 5) is 22.4. The fourth-order valence-electron chi connectivity index (χ4n) is 3.39. The molecule has 0 fully saturated rings. The van der Waals surface area contributed by atoms with E-state index in [-0.39, 0.29) is 11.8 Å². The molecule has 1 aromatic carbocycles. The van der Waals surface area contributed by atoms with Crippen LogP contribution in [-0.2, 0) is 13.0 Å². The maximum absolute atomic E-state index is 13.0. The first-order valence-corrected chi connectivity index (χ1v) is 8.18. The molecule has 0 radical (unpaired) electrons. The molecule has 0 aliphatic carbocycles. The molecular weight excluding hydrogens is 318 g/mol. The zero-order valence-electron chi connectivity index (χ0n) is 14.2. The van der Waals surface area contributed by atoms with E-state index in [1.165, 1.54) is 25.2 Å². The van der Waals surface area contributed by atoms with E-state index in [9.17, 15) is 4.79 Å². The Morgan fingerprint density at radius 1 is 1.16 bits per heavy atom. The number of para-hydroxylation sites is 1. The Morgan fingerprint density at radius 3 is 2.80 bits per heavy atom. The van der Waals surface area contributed by atoms with Crippen LogP contribution in [-0.4, -0.2) is 41.5 Å². The van der Waals surface area contributed by atoms with Crippen molar-refractivity contribution in [3.63, 3.8) is 0 Å². The standard InChI is InChI=1S/C19H19N3O3/c1-24-17-8-7-14(18(21-17)25-2)19(23)22-10-9-13-12-5-3-4-6-15(12)20-16(13)11-22/h3-8,20H,9-11H2,1-2H3. The average Bonchev–Trinajstić information content (AvgIpc) is 3.04. The van der Waals surface area contributed by atoms with Gasteiger partial charge in [-0.3, -0.25) is 4.79 Å². The van der Waals surface area contributed by atoms with Crippen molar-refractivity contribution in [1.82, 2.24) is 14.9 Å². The fraction of sp³-hybridized carbons (Fsp3) is 0.263. The molecule has 0 bridgehead atoms. The number of fused-ring (bicyclic) bond motifs is 3. The second-order valence-electron chi connectivity index (χ2n) is 6.01. The van der Waals surface area contributed by atoms with E-state index in [1.807, 2.05) is 17.0 Å². The number of aromatic amines is 1. The number of pyridine rings is 1. The molecule has 1 N–H and O–H groups in total. The highest BCUT2D eigenvalue weighted by Crippen LogP contribution is 2.29. The summed E-state index contributed by atoms with van der Waals surface area (Å²) in [5.41, 5.74) is 3.97. The van der Waals surface area contributed by atoms with Crippen LogP contribution < -0.4 is 9.47 Å². The van der Waals surface area contributed by atoms with E-state index in [4.69, 9.17) is 9.47 Å². The molecule has 3 aromatic rings. The number of amides is 1. The monoisotopic (exact) mass is 337 g/mol. The molecule has 25 heavy (non-hydrogen) atoms. The first kappa shape index (κ1) is 15.5. The summed E-state index contributed by atoms with van der Waals surface area (Å²) >= 11 is 0. The zero-order chi connectivity index (χ0) is 17.4. The number of aromatic nitrogens is 2. The molecule has 4 rings (SSSR count). The molecule has 2 aromatic heterocycles. The van der Waals surface area contributed by atoms with Crippen molar-refractivity contribution in [1.29, 1.82) is 0 Å². The van der Waals surface area contributed by atoms with Crippen LogP contribution in [0.25, 0.3) is 10.9 Å². The number of nitrogens with zero attached hydrogens (tertiary/aromatic N) is 2. The van der Waals surface area contributed by atoms with Gasteiger partial charge in [0.1, 0.15) is 5.56 Å². The summed E-state index contributed by atoms with van der Waals surface area (Å²) in [6.45, 7) is 1.22. The van der Waals surface area contributed by atoms with Crippen molar-refractivity contribution < 1.29 is 14.3 Å². The van der Waals surface area contributed by atoms with Gasteiger partial charge in [0.05, 0.1) is 20.8 Å². The van der Waals surface area contributed by atoms with E-state index in [0.717, 1.165) is 17.6 Å². The predicted molar refractivity (Wildman–Crippen MR) is 94.1 cm³/mol. The molecule has 0 saturated heterocycles. The molecule has 0 atom stereocenters. The summed E-state index contributed by atoms with van der Waals surface area (Å²) in [5, 5.41) is 1.24. The molecule has 3 heterocycles. The van der Waals surface area contributed by atoms with E-state index in [0.29, 0.717) is 24.5 Å². The summed E-state index contributed by atoms with van der Waals surface area (Å²) in [5.74, 6) is 0.619. The molecule has 128 valence electrons. The Hall–Kier alpha value is -3.02. The number of methoxy groups -OCH3 is 2. The molecular formula is C19H19N3O3. The lowest BCUT2D eigenvalue weighted by Crippen LogP contribution is -2.36. The van der Waals surface area contributed by atoms with Gasteiger partial charge >= 0.3 is 0 Å². The van der Waals surface area contributed by atoms with Gasteiger partial charge in [-0.2, -0.15) is 4.98 Å². The third-order valence-corrected chi connectivity index (χ3v) is 4.64. The van der Waals surface area contributed by atoms with E-state index in [2.05, 4.69) is 22.1 Å². The minimum absolute atomic E-state index is 0.0868. The van der Waals surface area contributed by atoms with Gasteiger partial charge in [0.25, 0.3) is 5.91 Å². The van der Waals surface area contributed by atoms with Crippen molar-refractivity contribution in [2.24, 2.45) is 0 Å². The molecule has 0 spiro atoms. The van der Waals surface area contributed by atoms with Crippen molar-refractivity contribution in [3.05, 3.63) is 53.2 Å². The number of benzene rings is 1. The molecule has 6 heteroatoms. The van der Waals surface area contributed by atoms with E-state index < -0.39 is 0 Å². The molecule has 1 aliphatic heterocycles. The lowest BCUT2D eigenvalue weighted by Gasteiger charge is -2.27. The van der Waals surface area contributed by atoms with Gasteiger partial charge < -0.3 is 19.4 Å². The third-order valence-electron chi connectivity index (χ3n) is 4.64. The second kappa shape index (κ2) is 6.12. The van der Waals surface area contributed by atoms with Crippen LogP contribution in [0.5, 0.6) is 11.8 Å². The Labute approximate surface area is 145 Å². The summed E-state index contributed by atoms with van der Waals surface area (Å²) in [6, 6.07) is 11.6. The minimum Gasteiger partial charge on any atom is -0.481 e. The van der Waals surface area contributed by atoms with Crippen LogP contribution in [0, 0.1) is 0 Å². The maximum Gasteiger partial charge on any atom is 0.259 e. The minimum atomic E-state index is -0.0868. The van der Waals surface area contributed by atoms with Gasteiger partial charge in [-0.1, -0.05) is 18.2 Å². The van der Waals surface area contributed by atoms with Gasteiger partial charge in [-0.05, 0) is 24.1 Å². The third kappa shape index (κ3) is 2.59. The Balaban J connectivity index is 1.64. The van der Waals surface area contributed by atoms with Crippen LogP contribution in [0.4, 0.5) is 0 Å². The maximum atomic E-state index is 13.0. The number of hydrogen-bond acceptors (Lipinski definition) is 4. The second-order valence-corrected chi connectivity index (χ2v) is 6.01. The van der Waals surface area contributed by atoms with Crippen LogP contribution in [0.2, 0.25) is 0 Å². The summed E-state index contributed by atoms with van der Waals surface area (Å²) in [6.07, 6.45) is 0.830. The highest BCUT2D eigenvalue weighted by molar-refractivity contribution is 5.97. The fourth-order valence-corrected chi connectivity index (χ4v) is 3.39. The van der Waals surface area contributed by atoms with Crippen LogP contribution >= 0.6 is 0 Å². The molecule has 6 nitrogen and oxygen atoms in total. The number of hydrogen-bond donors (Lipinski definition) is 1. The highest BCUT2D eigenvalue weighted by Gasteiger charge is 2.27. The van der Waals surface area contributed by atoms with Crippen molar-refractivity contribution >= 4 is 16.8 Å². The van der Waals surface area contributed by atoms with Crippen molar-refractivity contribution in [2.45, 2.75) is 13.0 Å². The van der Waals surface area contributed by atoms with Crippen LogP contribution in [0.15, 0.2) is 36.4 Å². The van der Waals surface area contributed by atoms with E-state index >= 15 is 0 Å². The number of rotatable bonds is 3. The lowest BCUT2D eigenvalue weighted by atomic mass is 10.0.